The Morgan fingerprint density at radius 1 is 0.971 bits per heavy atom. The number of nitrogens with zero attached hydrogens (tertiary/aromatic N) is 1. The second-order valence-electron chi connectivity index (χ2n) is 12.6. The lowest BCUT2D eigenvalue weighted by Crippen LogP contribution is -2.56. The number of ether oxygens (including phenoxy) is 1. The van der Waals surface area contributed by atoms with E-state index in [9.17, 15) is 0 Å². The van der Waals surface area contributed by atoms with Gasteiger partial charge < -0.3 is 9.64 Å². The molecule has 3 aliphatic carbocycles. The van der Waals surface area contributed by atoms with E-state index in [0.717, 1.165) is 6.04 Å². The number of rotatable bonds is 2. The second kappa shape index (κ2) is 6.86. The zero-order valence-corrected chi connectivity index (χ0v) is 20.6. The number of likely N-dealkylation sites (tertiary alicyclic amines) is 1. The molecule has 0 radical (unpaired) electrons. The molecule has 2 saturated carbocycles. The molecule has 2 aromatic rings. The summed E-state index contributed by atoms with van der Waals surface area (Å²) in [7, 11) is 0. The SMILES string of the molecule is C[C@]12CC=C3C=C4CC[C@@H](N5CCC5)C[C@]45CC[C@]3(O5)[C@@H]1CC[C@@H]2c1ccc2ccccc2c1. The predicted molar refractivity (Wildman–Crippen MR) is 138 cm³/mol. The van der Waals surface area contributed by atoms with Gasteiger partial charge in [-0.15, -0.1) is 0 Å². The van der Waals surface area contributed by atoms with Gasteiger partial charge in [-0.25, -0.2) is 0 Å². The van der Waals surface area contributed by atoms with Crippen LogP contribution in [0.5, 0.6) is 0 Å². The van der Waals surface area contributed by atoms with Gasteiger partial charge in [-0.1, -0.05) is 61.5 Å². The Hall–Kier alpha value is -1.90. The zero-order chi connectivity index (χ0) is 22.5. The number of allylic oxidation sites excluding steroid dienone is 1. The summed E-state index contributed by atoms with van der Waals surface area (Å²) in [5, 5.41) is 2.74. The van der Waals surface area contributed by atoms with Crippen LogP contribution in [-0.2, 0) is 4.74 Å². The zero-order valence-electron chi connectivity index (χ0n) is 20.6. The van der Waals surface area contributed by atoms with Crippen molar-refractivity contribution in [1.82, 2.24) is 4.90 Å². The van der Waals surface area contributed by atoms with Gasteiger partial charge in [-0.2, -0.15) is 0 Å². The highest BCUT2D eigenvalue weighted by Gasteiger charge is 2.66. The van der Waals surface area contributed by atoms with Crippen molar-refractivity contribution in [3.63, 3.8) is 0 Å². The molecule has 2 spiro atoms. The van der Waals surface area contributed by atoms with Crippen LogP contribution in [0.2, 0.25) is 0 Å². The Morgan fingerprint density at radius 3 is 2.71 bits per heavy atom. The summed E-state index contributed by atoms with van der Waals surface area (Å²) in [6.45, 7) is 5.22. The molecule has 2 saturated heterocycles. The van der Waals surface area contributed by atoms with E-state index in [0.29, 0.717) is 11.8 Å². The van der Waals surface area contributed by atoms with Crippen molar-refractivity contribution in [2.75, 3.05) is 13.1 Å². The third-order valence-corrected chi connectivity index (χ3v) is 11.2. The standard InChI is InChI=1S/C32H37NO/c1-30-14-13-26-20-25-9-10-27(33-17-4-18-33)21-31(25)15-16-32(26,34-31)29(30)12-11-28(30)24-8-7-22-5-2-3-6-23(22)19-24/h2-3,5-8,13,19-20,27-29H,4,9-12,14-18,21H2,1H3/t27-,28-,29-,30-,31-,32-/m1/s1. The first-order chi connectivity index (χ1) is 16.6. The van der Waals surface area contributed by atoms with Crippen molar-refractivity contribution in [2.24, 2.45) is 11.3 Å². The van der Waals surface area contributed by atoms with Crippen LogP contribution in [0.25, 0.3) is 10.8 Å². The van der Waals surface area contributed by atoms with Crippen LogP contribution in [0.3, 0.4) is 0 Å². The molecule has 2 bridgehead atoms. The maximum Gasteiger partial charge on any atom is 0.0974 e. The van der Waals surface area contributed by atoms with Gasteiger partial charge in [0.1, 0.15) is 0 Å². The van der Waals surface area contributed by atoms with Crippen molar-refractivity contribution in [3.05, 3.63) is 71.3 Å². The molecule has 3 heterocycles. The molecule has 6 aliphatic rings. The van der Waals surface area contributed by atoms with Gasteiger partial charge in [0.05, 0.1) is 11.2 Å². The van der Waals surface area contributed by atoms with Gasteiger partial charge >= 0.3 is 0 Å². The third kappa shape index (κ3) is 2.54. The van der Waals surface area contributed by atoms with Crippen molar-refractivity contribution in [1.29, 1.82) is 0 Å². The topological polar surface area (TPSA) is 12.5 Å². The molecule has 176 valence electrons. The highest BCUT2D eigenvalue weighted by Crippen LogP contribution is 2.69. The van der Waals surface area contributed by atoms with Crippen LogP contribution in [0.4, 0.5) is 0 Å². The minimum absolute atomic E-state index is 0.0288. The molecule has 4 fully saturated rings. The maximum absolute atomic E-state index is 7.50. The van der Waals surface area contributed by atoms with Crippen molar-refractivity contribution < 1.29 is 4.74 Å². The summed E-state index contributed by atoms with van der Waals surface area (Å²) in [6, 6.07) is 16.8. The van der Waals surface area contributed by atoms with Crippen LogP contribution in [-0.4, -0.2) is 35.2 Å². The Morgan fingerprint density at radius 2 is 1.85 bits per heavy atom. The van der Waals surface area contributed by atoms with Crippen LogP contribution >= 0.6 is 0 Å². The maximum atomic E-state index is 7.50. The fraction of sp³-hybridized carbons (Fsp3) is 0.562. The quantitative estimate of drug-likeness (QED) is 0.480. The Balaban J connectivity index is 1.16. The fourth-order valence-electron chi connectivity index (χ4n) is 9.37. The van der Waals surface area contributed by atoms with E-state index in [1.807, 2.05) is 0 Å². The molecule has 0 N–H and O–H groups in total. The summed E-state index contributed by atoms with van der Waals surface area (Å²) in [4.78, 5) is 2.74. The van der Waals surface area contributed by atoms with Crippen LogP contribution in [0, 0.1) is 11.3 Å². The van der Waals surface area contributed by atoms with Gasteiger partial charge in [0.15, 0.2) is 0 Å². The molecule has 2 heteroatoms. The molecule has 2 nitrogen and oxygen atoms in total. The lowest BCUT2D eigenvalue weighted by molar-refractivity contribution is -0.142. The largest absolute Gasteiger partial charge is 0.359 e. The first-order valence-electron chi connectivity index (χ1n) is 13.9. The summed E-state index contributed by atoms with van der Waals surface area (Å²) >= 11 is 0. The second-order valence-corrected chi connectivity index (χ2v) is 12.6. The minimum atomic E-state index is -0.0288. The van der Waals surface area contributed by atoms with Gasteiger partial charge in [-0.05, 0) is 116 Å². The van der Waals surface area contributed by atoms with Crippen LogP contribution < -0.4 is 0 Å². The molecular weight excluding hydrogens is 414 g/mol. The fourth-order valence-corrected chi connectivity index (χ4v) is 9.37. The van der Waals surface area contributed by atoms with E-state index in [2.05, 4.69) is 66.4 Å². The smallest absolute Gasteiger partial charge is 0.0974 e. The van der Waals surface area contributed by atoms with Gasteiger partial charge in [0, 0.05) is 6.04 Å². The minimum Gasteiger partial charge on any atom is -0.359 e. The summed E-state index contributed by atoms with van der Waals surface area (Å²) < 4.78 is 7.50. The van der Waals surface area contributed by atoms with Crippen molar-refractivity contribution in [2.45, 2.75) is 87.9 Å². The van der Waals surface area contributed by atoms with Gasteiger partial charge in [-0.3, -0.25) is 0 Å². The van der Waals surface area contributed by atoms with Gasteiger partial charge in [0.2, 0.25) is 0 Å². The van der Waals surface area contributed by atoms with Crippen molar-refractivity contribution >= 4 is 10.8 Å². The van der Waals surface area contributed by atoms with Gasteiger partial charge in [0.25, 0.3) is 0 Å². The normalized spacial score (nSPS) is 42.9. The number of hydrogen-bond acceptors (Lipinski definition) is 2. The summed E-state index contributed by atoms with van der Waals surface area (Å²) in [5.41, 5.74) is 5.03. The lowest BCUT2D eigenvalue weighted by Gasteiger charge is -2.55. The highest BCUT2D eigenvalue weighted by atomic mass is 16.5. The average molecular weight is 452 g/mol. The summed E-state index contributed by atoms with van der Waals surface area (Å²) in [6.07, 6.45) is 16.7. The monoisotopic (exact) mass is 451 g/mol. The molecule has 0 unspecified atom stereocenters. The molecular formula is C32H37NO. The molecule has 3 aliphatic heterocycles. The number of benzene rings is 2. The predicted octanol–water partition coefficient (Wildman–Crippen LogP) is 7.16. The molecule has 34 heavy (non-hydrogen) atoms. The number of fused-ring (bicyclic) bond motifs is 2. The third-order valence-electron chi connectivity index (χ3n) is 11.2. The van der Waals surface area contributed by atoms with E-state index in [1.54, 1.807) is 16.7 Å². The van der Waals surface area contributed by atoms with E-state index in [-0.39, 0.29) is 16.6 Å². The Bertz CT molecular complexity index is 1240. The van der Waals surface area contributed by atoms with E-state index in [4.69, 9.17) is 4.74 Å². The first-order valence-corrected chi connectivity index (χ1v) is 13.9. The van der Waals surface area contributed by atoms with E-state index < -0.39 is 0 Å². The molecule has 2 aromatic carbocycles. The lowest BCUT2D eigenvalue weighted by atomic mass is 9.58. The van der Waals surface area contributed by atoms with Crippen LogP contribution in [0.15, 0.2) is 65.8 Å². The Kier molecular flexibility index (Phi) is 4.10. The molecule has 0 aromatic heterocycles. The molecule has 0 amide bonds. The number of hydrogen-bond donors (Lipinski definition) is 0. The van der Waals surface area contributed by atoms with E-state index in [1.165, 1.54) is 81.6 Å². The first kappa shape index (κ1) is 20.3. The molecule has 6 atom stereocenters. The molecule has 8 rings (SSSR count). The van der Waals surface area contributed by atoms with Crippen molar-refractivity contribution in [3.8, 4) is 0 Å². The van der Waals surface area contributed by atoms with Crippen LogP contribution in [0.1, 0.15) is 76.2 Å². The average Bonchev–Trinajstić information content (AvgIpc) is 3.33. The summed E-state index contributed by atoms with van der Waals surface area (Å²) in [5.74, 6) is 1.26. The Labute approximate surface area is 204 Å². The van der Waals surface area contributed by atoms with E-state index >= 15 is 0 Å². The highest BCUT2D eigenvalue weighted by molar-refractivity contribution is 5.83.